The van der Waals surface area contributed by atoms with Gasteiger partial charge in [-0.25, -0.2) is 0 Å². The van der Waals surface area contributed by atoms with Gasteiger partial charge < -0.3 is 9.80 Å². The minimum atomic E-state index is 0.0420. The number of anilines is 1. The number of benzene rings is 1. The van der Waals surface area contributed by atoms with Gasteiger partial charge in [0, 0.05) is 42.6 Å². The smallest absolute Gasteiger partial charge is 0.274 e. The van der Waals surface area contributed by atoms with Crippen molar-refractivity contribution in [1.29, 1.82) is 0 Å². The maximum Gasteiger partial charge on any atom is 0.274 e. The normalized spacial score (nSPS) is 18.1. The van der Waals surface area contributed by atoms with E-state index in [4.69, 9.17) is 0 Å². The fourth-order valence-corrected chi connectivity index (χ4v) is 3.52. The third kappa shape index (κ3) is 2.90. The highest BCUT2D eigenvalue weighted by atomic mass is 16.2. The minimum absolute atomic E-state index is 0.0420. The number of carbonyl (C=O) groups excluding carboxylic acids is 1. The molecule has 128 valence electrons. The van der Waals surface area contributed by atoms with Crippen LogP contribution in [0.15, 0.2) is 24.3 Å². The molecule has 0 aliphatic carbocycles. The van der Waals surface area contributed by atoms with Crippen molar-refractivity contribution in [1.82, 2.24) is 15.1 Å². The Bertz CT molecular complexity index is 737. The molecule has 1 unspecified atom stereocenters. The lowest BCUT2D eigenvalue weighted by molar-refractivity contribution is 0.0667. The van der Waals surface area contributed by atoms with Gasteiger partial charge in [0.25, 0.3) is 5.91 Å². The van der Waals surface area contributed by atoms with Gasteiger partial charge >= 0.3 is 0 Å². The molecule has 1 saturated heterocycles. The van der Waals surface area contributed by atoms with Crippen molar-refractivity contribution in [3.8, 4) is 0 Å². The molecule has 1 aromatic heterocycles. The van der Waals surface area contributed by atoms with Crippen molar-refractivity contribution in [2.75, 3.05) is 24.5 Å². The lowest BCUT2D eigenvalue weighted by Gasteiger charge is -2.41. The van der Waals surface area contributed by atoms with E-state index < -0.39 is 0 Å². The molecule has 1 fully saturated rings. The van der Waals surface area contributed by atoms with Crippen LogP contribution in [0.25, 0.3) is 0 Å². The highest BCUT2D eigenvalue weighted by Crippen LogP contribution is 2.24. The van der Waals surface area contributed by atoms with Crippen LogP contribution in [0.2, 0.25) is 0 Å². The third-order valence-corrected chi connectivity index (χ3v) is 5.01. The molecule has 0 bridgehead atoms. The number of para-hydroxylation sites is 1. The SMILES string of the molecule is CCc1[nH]nc(C(=O)N2CCN(c3ccccc3C)CC2C)c1C. The van der Waals surface area contributed by atoms with Crippen LogP contribution in [0.3, 0.4) is 0 Å². The molecule has 1 N–H and O–H groups in total. The zero-order valence-electron chi connectivity index (χ0n) is 15.0. The van der Waals surface area contributed by atoms with E-state index in [0.717, 1.165) is 37.3 Å². The summed E-state index contributed by atoms with van der Waals surface area (Å²) in [5.74, 6) is 0.0420. The summed E-state index contributed by atoms with van der Waals surface area (Å²) in [6.07, 6.45) is 0.864. The molecule has 0 spiro atoms. The molecule has 0 saturated carbocycles. The molecule has 1 amide bonds. The van der Waals surface area contributed by atoms with Crippen molar-refractivity contribution in [2.45, 2.75) is 40.2 Å². The lowest BCUT2D eigenvalue weighted by Crippen LogP contribution is -2.54. The van der Waals surface area contributed by atoms with E-state index in [-0.39, 0.29) is 11.9 Å². The molecule has 2 aromatic rings. The number of hydrogen-bond donors (Lipinski definition) is 1. The second kappa shape index (κ2) is 6.67. The van der Waals surface area contributed by atoms with Gasteiger partial charge in [-0.2, -0.15) is 5.10 Å². The highest BCUT2D eigenvalue weighted by Gasteiger charge is 2.30. The van der Waals surface area contributed by atoms with Crippen LogP contribution in [0.4, 0.5) is 5.69 Å². The maximum atomic E-state index is 12.9. The first-order valence-electron chi connectivity index (χ1n) is 8.68. The zero-order valence-corrected chi connectivity index (χ0v) is 15.0. The van der Waals surface area contributed by atoms with Crippen molar-refractivity contribution in [3.05, 3.63) is 46.8 Å². The first-order valence-corrected chi connectivity index (χ1v) is 8.68. The van der Waals surface area contributed by atoms with Gasteiger partial charge in [-0.1, -0.05) is 25.1 Å². The van der Waals surface area contributed by atoms with Crippen LogP contribution in [0.5, 0.6) is 0 Å². The Morgan fingerprint density at radius 3 is 2.67 bits per heavy atom. The molecule has 3 rings (SSSR count). The number of rotatable bonds is 3. The number of aromatic nitrogens is 2. The Hall–Kier alpha value is -2.30. The van der Waals surface area contributed by atoms with Gasteiger partial charge in [-0.3, -0.25) is 9.89 Å². The van der Waals surface area contributed by atoms with Crippen LogP contribution in [-0.2, 0) is 6.42 Å². The van der Waals surface area contributed by atoms with E-state index in [9.17, 15) is 4.79 Å². The Kier molecular flexibility index (Phi) is 4.60. The molecule has 5 heteroatoms. The molecular formula is C19H26N4O. The predicted octanol–water partition coefficient (Wildman–Crippen LogP) is 2.94. The summed E-state index contributed by atoms with van der Waals surface area (Å²) < 4.78 is 0. The van der Waals surface area contributed by atoms with Gasteiger partial charge in [0.1, 0.15) is 0 Å². The fourth-order valence-electron chi connectivity index (χ4n) is 3.52. The van der Waals surface area contributed by atoms with Crippen LogP contribution in [0.1, 0.15) is 41.2 Å². The Morgan fingerprint density at radius 2 is 2.04 bits per heavy atom. The first-order chi connectivity index (χ1) is 11.5. The van der Waals surface area contributed by atoms with Gasteiger partial charge in [0.05, 0.1) is 0 Å². The van der Waals surface area contributed by atoms with Crippen LogP contribution >= 0.6 is 0 Å². The van der Waals surface area contributed by atoms with E-state index >= 15 is 0 Å². The third-order valence-electron chi connectivity index (χ3n) is 5.01. The second-order valence-corrected chi connectivity index (χ2v) is 6.61. The van der Waals surface area contributed by atoms with E-state index in [2.05, 4.69) is 60.1 Å². The topological polar surface area (TPSA) is 52.2 Å². The summed E-state index contributed by atoms with van der Waals surface area (Å²) in [5.41, 5.74) is 5.14. The lowest BCUT2D eigenvalue weighted by atomic mass is 10.1. The fraction of sp³-hybridized carbons (Fsp3) is 0.474. The van der Waals surface area contributed by atoms with Gasteiger partial charge in [-0.15, -0.1) is 0 Å². The zero-order chi connectivity index (χ0) is 17.3. The first kappa shape index (κ1) is 16.6. The molecule has 5 nitrogen and oxygen atoms in total. The van der Waals surface area contributed by atoms with Crippen molar-refractivity contribution >= 4 is 11.6 Å². The van der Waals surface area contributed by atoms with E-state index in [1.165, 1.54) is 11.3 Å². The molecule has 24 heavy (non-hydrogen) atoms. The number of aromatic amines is 1. The summed E-state index contributed by atoms with van der Waals surface area (Å²) in [6.45, 7) is 10.7. The Labute approximate surface area is 143 Å². The number of H-pyrrole nitrogens is 1. The summed E-state index contributed by atoms with van der Waals surface area (Å²) >= 11 is 0. The summed E-state index contributed by atoms with van der Waals surface area (Å²) in [6, 6.07) is 8.59. The van der Waals surface area contributed by atoms with Crippen LogP contribution < -0.4 is 4.90 Å². The number of nitrogens with zero attached hydrogens (tertiary/aromatic N) is 3. The van der Waals surface area contributed by atoms with Gasteiger partial charge in [0.15, 0.2) is 5.69 Å². The molecule has 2 heterocycles. The molecule has 1 aliphatic heterocycles. The Morgan fingerprint density at radius 1 is 1.29 bits per heavy atom. The number of nitrogens with one attached hydrogen (secondary N) is 1. The average Bonchev–Trinajstić information content (AvgIpc) is 2.95. The number of carbonyl (C=O) groups is 1. The average molecular weight is 326 g/mol. The van der Waals surface area contributed by atoms with Crippen molar-refractivity contribution in [2.24, 2.45) is 0 Å². The quantitative estimate of drug-likeness (QED) is 0.943. The number of piperazine rings is 1. The summed E-state index contributed by atoms with van der Waals surface area (Å²) in [4.78, 5) is 17.2. The number of hydrogen-bond acceptors (Lipinski definition) is 3. The molecule has 1 aromatic carbocycles. The Balaban J connectivity index is 1.75. The van der Waals surface area contributed by atoms with Crippen LogP contribution in [0, 0.1) is 13.8 Å². The monoisotopic (exact) mass is 326 g/mol. The standard InChI is InChI=1S/C19H26N4O/c1-5-16-15(4)18(21-20-16)19(24)23-11-10-22(12-14(23)3)17-9-7-6-8-13(17)2/h6-9,14H,5,10-12H2,1-4H3,(H,20,21). The van der Waals surface area contributed by atoms with E-state index in [1.807, 2.05) is 11.8 Å². The molecule has 1 atom stereocenters. The van der Waals surface area contributed by atoms with Crippen molar-refractivity contribution in [3.63, 3.8) is 0 Å². The summed E-state index contributed by atoms with van der Waals surface area (Å²) in [5, 5.41) is 7.25. The van der Waals surface area contributed by atoms with Gasteiger partial charge in [-0.05, 0) is 38.8 Å². The largest absolute Gasteiger partial charge is 0.367 e. The highest BCUT2D eigenvalue weighted by molar-refractivity contribution is 5.94. The van der Waals surface area contributed by atoms with Crippen LogP contribution in [-0.4, -0.2) is 46.7 Å². The van der Waals surface area contributed by atoms with Gasteiger partial charge in [0.2, 0.25) is 0 Å². The molecule has 0 radical (unpaired) electrons. The molecular weight excluding hydrogens is 300 g/mol. The number of aryl methyl sites for hydroxylation is 2. The van der Waals surface area contributed by atoms with E-state index in [1.54, 1.807) is 0 Å². The van der Waals surface area contributed by atoms with Crippen molar-refractivity contribution < 1.29 is 4.79 Å². The number of amides is 1. The summed E-state index contributed by atoms with van der Waals surface area (Å²) in [7, 11) is 0. The maximum absolute atomic E-state index is 12.9. The molecule has 1 aliphatic rings. The minimum Gasteiger partial charge on any atom is -0.367 e. The predicted molar refractivity (Wildman–Crippen MR) is 96.6 cm³/mol. The van der Waals surface area contributed by atoms with E-state index in [0.29, 0.717) is 5.69 Å². The second-order valence-electron chi connectivity index (χ2n) is 6.61.